The first-order valence-corrected chi connectivity index (χ1v) is 16.8. The molecule has 0 unspecified atom stereocenters. The topological polar surface area (TPSA) is 115 Å². The van der Waals surface area contributed by atoms with Crippen molar-refractivity contribution in [1.82, 2.24) is 24.7 Å². The normalized spacial score (nSPS) is 20.8. The third kappa shape index (κ3) is 5.95. The van der Waals surface area contributed by atoms with Crippen LogP contribution in [0.15, 0.2) is 42.9 Å². The van der Waals surface area contributed by atoms with Gasteiger partial charge < -0.3 is 15.0 Å². The molecule has 0 aliphatic carbocycles. The molecule has 0 radical (unpaired) electrons. The van der Waals surface area contributed by atoms with Crippen molar-refractivity contribution < 1.29 is 13.2 Å². The molecular weight excluding hydrogens is 574 g/mol. The predicted molar refractivity (Wildman–Crippen MR) is 166 cm³/mol. The molecule has 0 saturated carbocycles. The van der Waals surface area contributed by atoms with E-state index >= 15 is 0 Å². The van der Waals surface area contributed by atoms with Crippen molar-refractivity contribution in [3.63, 3.8) is 0 Å². The van der Waals surface area contributed by atoms with Gasteiger partial charge in [-0.25, -0.2) is 23.4 Å². The third-order valence-electron chi connectivity index (χ3n) is 8.25. The molecule has 42 heavy (non-hydrogen) atoms. The lowest BCUT2D eigenvalue weighted by molar-refractivity contribution is 0.0940. The van der Waals surface area contributed by atoms with Crippen molar-refractivity contribution in [2.24, 2.45) is 5.92 Å². The lowest BCUT2D eigenvalue weighted by Crippen LogP contribution is -2.57. The van der Waals surface area contributed by atoms with Crippen molar-refractivity contribution in [2.45, 2.75) is 58.2 Å². The zero-order valence-electron chi connectivity index (χ0n) is 24.3. The predicted octanol–water partition coefficient (Wildman–Crippen LogP) is 5.46. The highest BCUT2D eigenvalue weighted by atomic mass is 35.5. The number of hydrogen-bond donors (Lipinski definition) is 1. The third-order valence-corrected chi connectivity index (χ3v) is 9.56. The fourth-order valence-corrected chi connectivity index (χ4v) is 7.38. The molecule has 2 aliphatic rings. The summed E-state index contributed by atoms with van der Waals surface area (Å²) in [6, 6.07) is 8.29. The van der Waals surface area contributed by atoms with Crippen LogP contribution in [0, 0.1) is 5.92 Å². The number of halogens is 1. The molecule has 6 rings (SSSR count). The van der Waals surface area contributed by atoms with Gasteiger partial charge in [-0.05, 0) is 54.8 Å². The van der Waals surface area contributed by atoms with Gasteiger partial charge in [0, 0.05) is 61.0 Å². The molecule has 0 amide bonds. The molecule has 2 aliphatic heterocycles. The highest BCUT2D eigenvalue weighted by Gasteiger charge is 2.38. The van der Waals surface area contributed by atoms with E-state index in [0.29, 0.717) is 47.2 Å². The molecule has 1 N–H and O–H groups in total. The Kier molecular flexibility index (Phi) is 7.84. The van der Waals surface area contributed by atoms with Crippen molar-refractivity contribution in [1.29, 1.82) is 0 Å². The standard InChI is InChI=1S/C30H36ClN7O3S/c1-18(2)22-7-8-26(38-14-20(19(38)3)17-42(4,39)40)24-13-33-28(12-23(22)24)34-27-9-10-32-30(35-27)25-16-37(36-29(25)31)15-21-6-5-11-41-21/h7-10,12-13,16,18-21H,5-6,11,14-15,17H2,1-4H3,(H,32,33,34,35)/t19-,20-,21-/m1/s1. The van der Waals surface area contributed by atoms with Gasteiger partial charge >= 0.3 is 0 Å². The van der Waals surface area contributed by atoms with Crippen LogP contribution in [0.1, 0.15) is 45.1 Å². The van der Waals surface area contributed by atoms with Crippen molar-refractivity contribution in [2.75, 3.05) is 35.4 Å². The minimum Gasteiger partial charge on any atom is -0.376 e. The molecule has 1 aromatic carbocycles. The minimum atomic E-state index is -3.02. The van der Waals surface area contributed by atoms with E-state index in [1.807, 2.05) is 12.4 Å². The number of hydrogen-bond acceptors (Lipinski definition) is 9. The van der Waals surface area contributed by atoms with E-state index in [0.717, 1.165) is 35.9 Å². The Bertz CT molecular complexity index is 1720. The Labute approximate surface area is 251 Å². The Morgan fingerprint density at radius 3 is 2.71 bits per heavy atom. The fraction of sp³-hybridized carbons (Fsp3) is 0.467. The summed E-state index contributed by atoms with van der Waals surface area (Å²) in [6.45, 7) is 8.59. The van der Waals surface area contributed by atoms with Gasteiger partial charge in [-0.3, -0.25) is 4.68 Å². The molecular formula is C30H36ClN7O3S. The van der Waals surface area contributed by atoms with Crippen LogP contribution in [-0.4, -0.2) is 70.5 Å². The molecule has 3 aromatic heterocycles. The Morgan fingerprint density at radius 1 is 1.17 bits per heavy atom. The highest BCUT2D eigenvalue weighted by Crippen LogP contribution is 2.39. The van der Waals surface area contributed by atoms with Gasteiger partial charge in [0.15, 0.2) is 11.0 Å². The number of fused-ring (bicyclic) bond motifs is 1. The number of rotatable bonds is 9. The number of nitrogens with zero attached hydrogens (tertiary/aromatic N) is 6. The zero-order chi connectivity index (χ0) is 29.6. The molecule has 222 valence electrons. The Morgan fingerprint density at radius 2 is 2.00 bits per heavy atom. The average molecular weight is 610 g/mol. The Balaban J connectivity index is 1.26. The van der Waals surface area contributed by atoms with E-state index in [4.69, 9.17) is 26.3 Å². The van der Waals surface area contributed by atoms with E-state index in [9.17, 15) is 8.42 Å². The monoisotopic (exact) mass is 609 g/mol. The summed E-state index contributed by atoms with van der Waals surface area (Å²) in [5.41, 5.74) is 2.95. The second kappa shape index (κ2) is 11.4. The van der Waals surface area contributed by atoms with Crippen LogP contribution in [-0.2, 0) is 21.1 Å². The summed E-state index contributed by atoms with van der Waals surface area (Å²) in [6.07, 6.45) is 8.99. The number of pyridine rings is 1. The summed E-state index contributed by atoms with van der Waals surface area (Å²) < 4.78 is 31.3. The minimum absolute atomic E-state index is 0.123. The number of ether oxygens (including phenoxy) is 1. The van der Waals surface area contributed by atoms with Gasteiger partial charge in [0.1, 0.15) is 21.5 Å². The summed E-state index contributed by atoms with van der Waals surface area (Å²) in [4.78, 5) is 16.2. The van der Waals surface area contributed by atoms with Gasteiger partial charge in [-0.15, -0.1) is 0 Å². The van der Waals surface area contributed by atoms with Gasteiger partial charge in [-0.2, -0.15) is 5.10 Å². The average Bonchev–Trinajstić information content (AvgIpc) is 3.59. The molecule has 0 spiro atoms. The first kappa shape index (κ1) is 28.8. The van der Waals surface area contributed by atoms with Gasteiger partial charge in [0.2, 0.25) is 0 Å². The number of nitrogens with one attached hydrogen (secondary N) is 1. The molecule has 2 fully saturated rings. The summed E-state index contributed by atoms with van der Waals surface area (Å²) in [7, 11) is -3.02. The highest BCUT2D eigenvalue weighted by molar-refractivity contribution is 7.90. The number of sulfone groups is 1. The van der Waals surface area contributed by atoms with Crippen LogP contribution in [0.4, 0.5) is 17.3 Å². The first-order chi connectivity index (χ1) is 20.1. The number of aromatic nitrogens is 5. The van der Waals surface area contributed by atoms with Crippen molar-refractivity contribution in [3.05, 3.63) is 53.6 Å². The summed E-state index contributed by atoms with van der Waals surface area (Å²) in [5.74, 6) is 2.38. The molecule has 5 heterocycles. The van der Waals surface area contributed by atoms with Crippen molar-refractivity contribution >= 4 is 49.5 Å². The van der Waals surface area contributed by atoms with E-state index in [1.165, 1.54) is 11.8 Å². The van der Waals surface area contributed by atoms with Crippen LogP contribution in [0.3, 0.4) is 0 Å². The van der Waals surface area contributed by atoms with E-state index in [1.54, 1.807) is 16.9 Å². The molecule has 4 aromatic rings. The molecule has 0 bridgehead atoms. The van der Waals surface area contributed by atoms with Crippen LogP contribution >= 0.6 is 11.6 Å². The summed E-state index contributed by atoms with van der Waals surface area (Å²) >= 11 is 6.48. The maximum atomic E-state index is 11.9. The van der Waals surface area contributed by atoms with E-state index < -0.39 is 9.84 Å². The SMILES string of the molecule is CC(C)c1ccc(N2C[C@H](CS(C)(=O)=O)[C@H]2C)c2cnc(Nc3ccnc(-c4cn(C[C@H]5CCCO5)nc4Cl)n3)cc12. The van der Waals surface area contributed by atoms with Gasteiger partial charge in [0.05, 0.1) is 24.0 Å². The lowest BCUT2D eigenvalue weighted by Gasteiger charge is -2.48. The second-order valence-corrected chi connectivity index (χ2v) is 14.3. The number of anilines is 3. The Hall–Kier alpha value is -3.28. The zero-order valence-corrected chi connectivity index (χ0v) is 25.9. The largest absolute Gasteiger partial charge is 0.376 e. The molecule has 10 nitrogen and oxygen atoms in total. The smallest absolute Gasteiger partial charge is 0.166 e. The molecule has 3 atom stereocenters. The quantitative estimate of drug-likeness (QED) is 0.264. The first-order valence-electron chi connectivity index (χ1n) is 14.4. The van der Waals surface area contributed by atoms with Crippen LogP contribution in [0.2, 0.25) is 5.15 Å². The van der Waals surface area contributed by atoms with E-state index in [-0.39, 0.29) is 23.8 Å². The van der Waals surface area contributed by atoms with Crippen LogP contribution in [0.5, 0.6) is 0 Å². The lowest BCUT2D eigenvalue weighted by atomic mass is 9.88. The second-order valence-electron chi connectivity index (χ2n) is 11.8. The fourth-order valence-electron chi connectivity index (χ4n) is 5.98. The van der Waals surface area contributed by atoms with Crippen molar-refractivity contribution in [3.8, 4) is 11.4 Å². The summed E-state index contributed by atoms with van der Waals surface area (Å²) in [5, 5.41) is 10.3. The maximum absolute atomic E-state index is 11.9. The number of benzene rings is 1. The van der Waals surface area contributed by atoms with Crippen LogP contribution < -0.4 is 10.2 Å². The van der Waals surface area contributed by atoms with Gasteiger partial charge in [0.25, 0.3) is 0 Å². The maximum Gasteiger partial charge on any atom is 0.166 e. The van der Waals surface area contributed by atoms with Crippen LogP contribution in [0.25, 0.3) is 22.2 Å². The van der Waals surface area contributed by atoms with E-state index in [2.05, 4.69) is 59.3 Å². The molecule has 2 saturated heterocycles. The molecule has 12 heteroatoms. The van der Waals surface area contributed by atoms with Gasteiger partial charge in [-0.1, -0.05) is 31.5 Å².